The molecule has 4 heteroatoms. The lowest BCUT2D eigenvalue weighted by atomic mass is 10.0. The molecule has 16 heavy (non-hydrogen) atoms. The van der Waals surface area contributed by atoms with Crippen molar-refractivity contribution in [1.82, 2.24) is 10.2 Å². The zero-order valence-corrected chi connectivity index (χ0v) is 10.2. The van der Waals surface area contributed by atoms with Gasteiger partial charge in [0, 0.05) is 6.04 Å². The summed E-state index contributed by atoms with van der Waals surface area (Å²) in [5.41, 5.74) is 0. The van der Waals surface area contributed by atoms with Gasteiger partial charge in [-0.1, -0.05) is 6.92 Å². The Bertz CT molecular complexity index is 272. The number of carbonyl (C=O) groups excluding carboxylic acids is 1. The average Bonchev–Trinajstić information content (AvgIpc) is 2.29. The predicted molar refractivity (Wildman–Crippen MR) is 62.7 cm³/mol. The molecule has 0 saturated carbocycles. The highest BCUT2D eigenvalue weighted by Gasteiger charge is 2.23. The Labute approximate surface area is 97.6 Å². The fourth-order valence-electron chi connectivity index (χ4n) is 1.93. The Kier molecular flexibility index (Phi) is 5.27. The lowest BCUT2D eigenvalue weighted by Gasteiger charge is -2.30. The third-order valence-electron chi connectivity index (χ3n) is 3.13. The number of carbonyl (C=O) groups is 1. The summed E-state index contributed by atoms with van der Waals surface area (Å²) in [7, 11) is 0. The van der Waals surface area contributed by atoms with Gasteiger partial charge in [-0.15, -0.1) is 0 Å². The van der Waals surface area contributed by atoms with E-state index in [-0.39, 0.29) is 18.0 Å². The van der Waals surface area contributed by atoms with Crippen LogP contribution in [-0.2, 0) is 4.79 Å². The third-order valence-corrected chi connectivity index (χ3v) is 3.13. The summed E-state index contributed by atoms with van der Waals surface area (Å²) < 4.78 is 0. The Morgan fingerprint density at radius 1 is 1.62 bits per heavy atom. The minimum atomic E-state index is -0.0727. The van der Waals surface area contributed by atoms with Crippen molar-refractivity contribution in [1.29, 1.82) is 5.26 Å². The molecule has 1 rings (SSSR count). The zero-order valence-electron chi connectivity index (χ0n) is 10.2. The van der Waals surface area contributed by atoms with Crippen LogP contribution in [0.15, 0.2) is 0 Å². The Morgan fingerprint density at radius 3 is 3.00 bits per heavy atom. The molecule has 1 N–H and O–H groups in total. The number of piperidine rings is 1. The molecule has 0 spiro atoms. The molecule has 0 radical (unpaired) electrons. The first-order valence-electron chi connectivity index (χ1n) is 6.10. The first-order valence-corrected chi connectivity index (χ1v) is 6.10. The Balaban J connectivity index is 2.40. The van der Waals surface area contributed by atoms with E-state index in [2.05, 4.69) is 11.4 Å². The van der Waals surface area contributed by atoms with Crippen molar-refractivity contribution in [2.75, 3.05) is 13.1 Å². The van der Waals surface area contributed by atoms with Crippen molar-refractivity contribution < 1.29 is 4.79 Å². The van der Waals surface area contributed by atoms with Crippen molar-refractivity contribution in [3.63, 3.8) is 0 Å². The van der Waals surface area contributed by atoms with E-state index in [0.717, 1.165) is 32.2 Å². The molecule has 0 aromatic heterocycles. The van der Waals surface area contributed by atoms with E-state index in [4.69, 9.17) is 5.26 Å². The lowest BCUT2D eigenvalue weighted by Crippen LogP contribution is -2.46. The van der Waals surface area contributed by atoms with Crippen molar-refractivity contribution in [2.24, 2.45) is 0 Å². The van der Waals surface area contributed by atoms with Crippen LogP contribution >= 0.6 is 0 Å². The normalized spacial score (nSPS) is 23.4. The van der Waals surface area contributed by atoms with Crippen LogP contribution < -0.4 is 5.32 Å². The van der Waals surface area contributed by atoms with Gasteiger partial charge in [0.2, 0.25) is 5.91 Å². The minimum Gasteiger partial charge on any atom is -0.353 e. The summed E-state index contributed by atoms with van der Waals surface area (Å²) in [6.45, 7) is 5.27. The van der Waals surface area contributed by atoms with Crippen molar-refractivity contribution in [3.05, 3.63) is 0 Å². The second-order valence-corrected chi connectivity index (χ2v) is 4.49. The maximum Gasteiger partial charge on any atom is 0.234 e. The highest BCUT2D eigenvalue weighted by Crippen LogP contribution is 2.15. The van der Waals surface area contributed by atoms with E-state index in [1.54, 1.807) is 0 Å². The van der Waals surface area contributed by atoms with Crippen LogP contribution in [-0.4, -0.2) is 36.0 Å². The molecule has 1 aliphatic heterocycles. The van der Waals surface area contributed by atoms with Gasteiger partial charge in [-0.05, 0) is 39.2 Å². The molecule has 0 aliphatic carbocycles. The summed E-state index contributed by atoms with van der Waals surface area (Å²) in [5, 5.41) is 11.9. The molecule has 1 amide bonds. The highest BCUT2D eigenvalue weighted by molar-refractivity contribution is 5.78. The molecule has 1 aliphatic rings. The second kappa shape index (κ2) is 6.49. The van der Waals surface area contributed by atoms with Gasteiger partial charge in [0.25, 0.3) is 0 Å². The maximum atomic E-state index is 11.7. The van der Waals surface area contributed by atoms with E-state index >= 15 is 0 Å². The number of likely N-dealkylation sites (tertiary alicyclic amines) is 1. The molecular formula is C12H21N3O. The van der Waals surface area contributed by atoms with Crippen LogP contribution in [0.5, 0.6) is 0 Å². The summed E-state index contributed by atoms with van der Waals surface area (Å²) in [6.07, 6.45) is 4.02. The summed E-state index contributed by atoms with van der Waals surface area (Å²) in [5.74, 6) is 0.0384. The molecule has 1 fully saturated rings. The van der Waals surface area contributed by atoms with Gasteiger partial charge in [-0.25, -0.2) is 0 Å². The summed E-state index contributed by atoms with van der Waals surface area (Å²) in [6, 6.07) is 2.42. The van der Waals surface area contributed by atoms with Crippen LogP contribution in [0, 0.1) is 11.3 Å². The smallest absolute Gasteiger partial charge is 0.234 e. The van der Waals surface area contributed by atoms with Crippen molar-refractivity contribution >= 4 is 5.91 Å². The SMILES string of the molecule is CCC(C)NC(=O)CN1CCCCC1C#N. The molecule has 0 aromatic rings. The standard InChI is InChI=1S/C12H21N3O/c1-3-10(2)14-12(16)9-15-7-5-4-6-11(15)8-13/h10-11H,3-7,9H2,1-2H3,(H,14,16). The number of nitriles is 1. The van der Waals surface area contributed by atoms with Gasteiger partial charge in [0.05, 0.1) is 18.7 Å². The maximum absolute atomic E-state index is 11.7. The summed E-state index contributed by atoms with van der Waals surface area (Å²) in [4.78, 5) is 13.7. The average molecular weight is 223 g/mol. The molecule has 90 valence electrons. The number of nitrogens with zero attached hydrogens (tertiary/aromatic N) is 2. The van der Waals surface area contributed by atoms with Gasteiger partial charge >= 0.3 is 0 Å². The molecular weight excluding hydrogens is 202 g/mol. The van der Waals surface area contributed by atoms with Crippen LogP contribution in [0.2, 0.25) is 0 Å². The highest BCUT2D eigenvalue weighted by atomic mass is 16.2. The van der Waals surface area contributed by atoms with Gasteiger partial charge in [0.1, 0.15) is 0 Å². The van der Waals surface area contributed by atoms with E-state index in [1.807, 2.05) is 18.7 Å². The van der Waals surface area contributed by atoms with E-state index < -0.39 is 0 Å². The Hall–Kier alpha value is -1.08. The lowest BCUT2D eigenvalue weighted by molar-refractivity contribution is -0.123. The van der Waals surface area contributed by atoms with E-state index in [9.17, 15) is 4.79 Å². The van der Waals surface area contributed by atoms with Gasteiger partial charge < -0.3 is 5.32 Å². The van der Waals surface area contributed by atoms with Gasteiger partial charge in [-0.2, -0.15) is 5.26 Å². The van der Waals surface area contributed by atoms with E-state index in [1.165, 1.54) is 0 Å². The number of rotatable bonds is 4. The fraction of sp³-hybridized carbons (Fsp3) is 0.833. The molecule has 0 bridgehead atoms. The van der Waals surface area contributed by atoms with Gasteiger partial charge in [-0.3, -0.25) is 9.69 Å². The molecule has 1 heterocycles. The Morgan fingerprint density at radius 2 is 2.38 bits per heavy atom. The topological polar surface area (TPSA) is 56.1 Å². The van der Waals surface area contributed by atoms with Crippen LogP contribution in [0.1, 0.15) is 39.5 Å². The number of hydrogen-bond acceptors (Lipinski definition) is 3. The molecule has 2 atom stereocenters. The molecule has 0 aromatic carbocycles. The minimum absolute atomic E-state index is 0.0384. The summed E-state index contributed by atoms with van der Waals surface area (Å²) >= 11 is 0. The second-order valence-electron chi connectivity index (χ2n) is 4.49. The van der Waals surface area contributed by atoms with Crippen molar-refractivity contribution in [2.45, 2.75) is 51.6 Å². The third kappa shape index (κ3) is 3.82. The molecule has 1 saturated heterocycles. The van der Waals surface area contributed by atoms with Crippen molar-refractivity contribution in [3.8, 4) is 6.07 Å². The van der Waals surface area contributed by atoms with Crippen LogP contribution in [0.4, 0.5) is 0 Å². The first kappa shape index (κ1) is 13.0. The van der Waals surface area contributed by atoms with Crippen LogP contribution in [0.3, 0.4) is 0 Å². The zero-order chi connectivity index (χ0) is 12.0. The number of hydrogen-bond donors (Lipinski definition) is 1. The van der Waals surface area contributed by atoms with E-state index in [0.29, 0.717) is 6.54 Å². The number of nitrogens with one attached hydrogen (secondary N) is 1. The molecule has 4 nitrogen and oxygen atoms in total. The predicted octanol–water partition coefficient (Wildman–Crippen LogP) is 1.28. The number of amides is 1. The largest absolute Gasteiger partial charge is 0.353 e. The quantitative estimate of drug-likeness (QED) is 0.781. The fourth-order valence-corrected chi connectivity index (χ4v) is 1.93. The van der Waals surface area contributed by atoms with Crippen LogP contribution in [0.25, 0.3) is 0 Å². The monoisotopic (exact) mass is 223 g/mol. The molecule has 2 unspecified atom stereocenters. The first-order chi connectivity index (χ1) is 7.67. The van der Waals surface area contributed by atoms with Gasteiger partial charge in [0.15, 0.2) is 0 Å².